The molecule has 1 spiro atoms. The second-order valence-electron chi connectivity index (χ2n) is 4.74. The van der Waals surface area contributed by atoms with Crippen LogP contribution in [0.4, 0.5) is 0 Å². The lowest BCUT2D eigenvalue weighted by atomic mass is 9.68. The van der Waals surface area contributed by atoms with E-state index in [1.54, 1.807) is 0 Å². The molecule has 5 heteroatoms. The number of nitrogens with zero attached hydrogens (tertiary/aromatic N) is 2. The van der Waals surface area contributed by atoms with Gasteiger partial charge in [-0.05, 0) is 12.8 Å². The van der Waals surface area contributed by atoms with Crippen molar-refractivity contribution in [3.63, 3.8) is 0 Å². The van der Waals surface area contributed by atoms with Gasteiger partial charge in [-0.2, -0.15) is 0 Å². The molecule has 1 saturated carbocycles. The third-order valence-electron chi connectivity index (χ3n) is 3.89. The molecule has 2 fully saturated rings. The highest BCUT2D eigenvalue weighted by Gasteiger charge is 2.50. The van der Waals surface area contributed by atoms with Crippen LogP contribution in [0.3, 0.4) is 0 Å². The van der Waals surface area contributed by atoms with Crippen molar-refractivity contribution in [2.75, 3.05) is 13.1 Å². The van der Waals surface area contributed by atoms with Crippen molar-refractivity contribution in [2.45, 2.75) is 32.1 Å². The maximum Gasteiger partial charge on any atom is 0.309 e. The van der Waals surface area contributed by atoms with Crippen molar-refractivity contribution >= 4 is 5.97 Å². The van der Waals surface area contributed by atoms with Gasteiger partial charge < -0.3 is 5.11 Å². The summed E-state index contributed by atoms with van der Waals surface area (Å²) >= 11 is 0. The predicted octanol–water partition coefficient (Wildman–Crippen LogP) is 1.63. The zero-order chi connectivity index (χ0) is 10.9. The van der Waals surface area contributed by atoms with Gasteiger partial charge in [-0.1, -0.05) is 19.3 Å². The fraction of sp³-hybridized carbons (Fsp3) is 0.900. The predicted molar refractivity (Wildman–Crippen MR) is 54.0 cm³/mol. The van der Waals surface area contributed by atoms with E-state index in [-0.39, 0.29) is 5.41 Å². The third kappa shape index (κ3) is 1.70. The molecule has 0 aromatic rings. The van der Waals surface area contributed by atoms with Gasteiger partial charge in [0.15, 0.2) is 0 Å². The maximum absolute atomic E-state index is 11.2. The minimum absolute atomic E-state index is 0.183. The number of carboxylic acid groups (broad SMARTS) is 1. The van der Waals surface area contributed by atoms with Gasteiger partial charge in [0.1, 0.15) is 0 Å². The summed E-state index contributed by atoms with van der Waals surface area (Å²) in [6.07, 6.45) is 5.20. The molecule has 5 nitrogen and oxygen atoms in total. The summed E-state index contributed by atoms with van der Waals surface area (Å²) in [6.45, 7) is 0.826. The first-order valence-corrected chi connectivity index (χ1v) is 5.49. The lowest BCUT2D eigenvalue weighted by Gasteiger charge is -2.35. The van der Waals surface area contributed by atoms with Gasteiger partial charge in [-0.3, -0.25) is 9.80 Å². The van der Waals surface area contributed by atoms with Gasteiger partial charge in [0.25, 0.3) is 0 Å². The zero-order valence-corrected chi connectivity index (χ0v) is 8.69. The minimum Gasteiger partial charge on any atom is -0.481 e. The molecular formula is C10H16N2O3. The summed E-state index contributed by atoms with van der Waals surface area (Å²) in [4.78, 5) is 21.7. The molecule has 1 aliphatic heterocycles. The number of hydrogen-bond acceptors (Lipinski definition) is 3. The van der Waals surface area contributed by atoms with Crippen LogP contribution in [-0.4, -0.2) is 29.2 Å². The maximum atomic E-state index is 11.2. The van der Waals surface area contributed by atoms with E-state index >= 15 is 0 Å². The van der Waals surface area contributed by atoms with E-state index in [0.29, 0.717) is 13.1 Å². The van der Waals surface area contributed by atoms with Gasteiger partial charge in [-0.15, -0.1) is 4.91 Å². The van der Waals surface area contributed by atoms with E-state index in [0.717, 1.165) is 25.7 Å². The summed E-state index contributed by atoms with van der Waals surface area (Å²) in [7, 11) is 0. The Labute approximate surface area is 88.4 Å². The second-order valence-corrected chi connectivity index (χ2v) is 4.74. The van der Waals surface area contributed by atoms with Crippen LogP contribution in [0.1, 0.15) is 32.1 Å². The highest BCUT2D eigenvalue weighted by molar-refractivity contribution is 5.72. The average molecular weight is 212 g/mol. The Morgan fingerprint density at radius 1 is 1.33 bits per heavy atom. The summed E-state index contributed by atoms with van der Waals surface area (Å²) in [6, 6.07) is 0. The fourth-order valence-electron chi connectivity index (χ4n) is 3.11. The van der Waals surface area contributed by atoms with Crippen molar-refractivity contribution in [1.82, 2.24) is 5.01 Å². The number of carbonyl (C=O) groups is 1. The molecule has 1 N–H and O–H groups in total. The molecule has 1 aliphatic carbocycles. The van der Waals surface area contributed by atoms with Crippen LogP contribution in [0, 0.1) is 16.2 Å². The normalized spacial score (nSPS) is 29.3. The lowest BCUT2D eigenvalue weighted by molar-refractivity contribution is -0.145. The molecule has 1 saturated heterocycles. The van der Waals surface area contributed by atoms with Crippen molar-refractivity contribution in [2.24, 2.45) is 16.6 Å². The molecule has 0 bridgehead atoms. The Balaban J connectivity index is 2.19. The minimum atomic E-state index is -0.775. The van der Waals surface area contributed by atoms with Crippen LogP contribution in [-0.2, 0) is 4.79 Å². The van der Waals surface area contributed by atoms with Gasteiger partial charge >= 0.3 is 5.97 Å². The Kier molecular flexibility index (Phi) is 2.63. The Morgan fingerprint density at radius 2 is 2.00 bits per heavy atom. The molecule has 2 aliphatic rings. The highest BCUT2D eigenvalue weighted by atomic mass is 16.4. The summed E-state index contributed by atoms with van der Waals surface area (Å²) in [5, 5.41) is 13.4. The number of rotatable bonds is 2. The molecule has 1 atom stereocenters. The molecule has 0 amide bonds. The first-order valence-electron chi connectivity index (χ1n) is 5.49. The van der Waals surface area contributed by atoms with E-state index < -0.39 is 11.9 Å². The monoisotopic (exact) mass is 212 g/mol. The summed E-state index contributed by atoms with van der Waals surface area (Å²) in [5.74, 6) is -1.18. The van der Waals surface area contributed by atoms with Crippen molar-refractivity contribution in [1.29, 1.82) is 0 Å². The molecule has 15 heavy (non-hydrogen) atoms. The lowest BCUT2D eigenvalue weighted by Crippen LogP contribution is -2.36. The number of carboxylic acids is 1. The molecule has 2 rings (SSSR count). The molecule has 1 unspecified atom stereocenters. The fourth-order valence-corrected chi connectivity index (χ4v) is 3.11. The second kappa shape index (κ2) is 3.79. The summed E-state index contributed by atoms with van der Waals surface area (Å²) < 4.78 is 0. The summed E-state index contributed by atoms with van der Waals surface area (Å²) in [5.41, 5.74) is -0.183. The average Bonchev–Trinajstić information content (AvgIpc) is 2.58. The molecule has 1 heterocycles. The number of hydrogen-bond donors (Lipinski definition) is 1. The molecule has 84 valence electrons. The first-order chi connectivity index (χ1) is 7.18. The van der Waals surface area contributed by atoms with Crippen LogP contribution in [0.15, 0.2) is 5.29 Å². The van der Waals surface area contributed by atoms with Crippen LogP contribution < -0.4 is 0 Å². The van der Waals surface area contributed by atoms with E-state index in [1.807, 2.05) is 0 Å². The topological polar surface area (TPSA) is 70.0 Å². The highest BCUT2D eigenvalue weighted by Crippen LogP contribution is 2.47. The Morgan fingerprint density at radius 3 is 2.53 bits per heavy atom. The van der Waals surface area contributed by atoms with Crippen LogP contribution in [0.2, 0.25) is 0 Å². The quantitative estimate of drug-likeness (QED) is 0.706. The van der Waals surface area contributed by atoms with Gasteiger partial charge in [0.05, 0.1) is 17.7 Å². The molecule has 0 aromatic carbocycles. The Bertz CT molecular complexity index is 274. The van der Waals surface area contributed by atoms with Crippen molar-refractivity contribution < 1.29 is 9.90 Å². The van der Waals surface area contributed by atoms with E-state index in [2.05, 4.69) is 5.29 Å². The molecule has 0 radical (unpaired) electrons. The van der Waals surface area contributed by atoms with E-state index in [4.69, 9.17) is 0 Å². The van der Waals surface area contributed by atoms with Crippen LogP contribution in [0.25, 0.3) is 0 Å². The largest absolute Gasteiger partial charge is 0.481 e. The van der Waals surface area contributed by atoms with E-state index in [9.17, 15) is 14.8 Å². The number of aliphatic carboxylic acids is 1. The van der Waals surface area contributed by atoms with Crippen molar-refractivity contribution in [3.05, 3.63) is 4.91 Å². The first kappa shape index (κ1) is 10.4. The van der Waals surface area contributed by atoms with Gasteiger partial charge in [0.2, 0.25) is 0 Å². The smallest absolute Gasteiger partial charge is 0.309 e. The van der Waals surface area contributed by atoms with Gasteiger partial charge in [0, 0.05) is 12.0 Å². The van der Waals surface area contributed by atoms with Gasteiger partial charge in [-0.25, -0.2) is 0 Å². The molecular weight excluding hydrogens is 196 g/mol. The Hall–Kier alpha value is -1.13. The zero-order valence-electron chi connectivity index (χ0n) is 8.69. The van der Waals surface area contributed by atoms with E-state index in [1.165, 1.54) is 11.4 Å². The van der Waals surface area contributed by atoms with Crippen LogP contribution >= 0.6 is 0 Å². The molecule has 0 aromatic heterocycles. The van der Waals surface area contributed by atoms with Crippen molar-refractivity contribution in [3.8, 4) is 0 Å². The number of nitroso groups, excluding NO2 is 1. The SMILES string of the molecule is O=NN1CC(C(=O)O)C2(CCCCC2)C1. The van der Waals surface area contributed by atoms with Crippen LogP contribution in [0.5, 0.6) is 0 Å². The third-order valence-corrected chi connectivity index (χ3v) is 3.89. The standard InChI is InChI=1S/C10H16N2O3/c13-9(14)8-6-12(11-15)7-10(8)4-2-1-3-5-10/h8H,1-7H2,(H,13,14).